The molecule has 1 heterocycles. The number of carbonyl (C=O) groups is 2. The van der Waals surface area contributed by atoms with Gasteiger partial charge in [0.25, 0.3) is 5.91 Å². The smallest absolute Gasteiger partial charge is 0.323 e. The number of nitrogens with one attached hydrogen (secondary N) is 2. The highest BCUT2D eigenvalue weighted by atomic mass is 35.5. The first kappa shape index (κ1) is 37.1. The highest BCUT2D eigenvalue weighted by molar-refractivity contribution is 7.89. The molecule has 0 saturated heterocycles. The van der Waals surface area contributed by atoms with Gasteiger partial charge < -0.3 is 30.1 Å². The van der Waals surface area contributed by atoms with Crippen LogP contribution in [0.3, 0.4) is 0 Å². The number of aliphatic hydroxyl groups is 1. The Labute approximate surface area is 288 Å². The van der Waals surface area contributed by atoms with Crippen molar-refractivity contribution in [1.82, 2.24) is 9.21 Å². The molecule has 0 spiro atoms. The highest BCUT2D eigenvalue weighted by Crippen LogP contribution is 2.29. The van der Waals surface area contributed by atoms with Gasteiger partial charge in [0.15, 0.2) is 0 Å². The van der Waals surface area contributed by atoms with Crippen LogP contribution in [0.1, 0.15) is 50.4 Å². The first-order valence-corrected chi connectivity index (χ1v) is 17.9. The minimum absolute atomic E-state index is 0.0440. The second kappa shape index (κ2) is 17.1. The largest absolute Gasteiger partial charge is 0.490 e. The molecule has 1 aliphatic heterocycles. The number of halogens is 1. The van der Waals surface area contributed by atoms with Gasteiger partial charge in [-0.15, -0.1) is 0 Å². The Morgan fingerprint density at radius 2 is 1.73 bits per heavy atom. The van der Waals surface area contributed by atoms with Crippen molar-refractivity contribution < 1.29 is 32.6 Å². The van der Waals surface area contributed by atoms with E-state index >= 15 is 0 Å². The molecule has 0 unspecified atom stereocenters. The van der Waals surface area contributed by atoms with Gasteiger partial charge in [-0.25, -0.2) is 13.2 Å². The molecule has 260 valence electrons. The first-order chi connectivity index (χ1) is 22.9. The summed E-state index contributed by atoms with van der Waals surface area (Å²) in [6.45, 7) is 5.85. The number of fused-ring (bicyclic) bond motifs is 1. The summed E-state index contributed by atoms with van der Waals surface area (Å²) in [5, 5.41) is 16.2. The van der Waals surface area contributed by atoms with E-state index in [1.165, 1.54) is 35.6 Å². The number of likely N-dealkylation sites (N-methyl/N-ethyl adjacent to an activating group) is 1. The van der Waals surface area contributed by atoms with E-state index in [2.05, 4.69) is 10.6 Å². The lowest BCUT2D eigenvalue weighted by atomic mass is 10.0. The Morgan fingerprint density at radius 1 is 1.04 bits per heavy atom. The van der Waals surface area contributed by atoms with Crippen LogP contribution in [0.4, 0.5) is 16.2 Å². The lowest BCUT2D eigenvalue weighted by molar-refractivity contribution is -0.00833. The minimum Gasteiger partial charge on any atom is -0.490 e. The highest BCUT2D eigenvalue weighted by Gasteiger charge is 2.32. The minimum atomic E-state index is -3.85. The van der Waals surface area contributed by atoms with Crippen LogP contribution in [0.15, 0.2) is 77.7 Å². The average molecular weight is 701 g/mol. The summed E-state index contributed by atoms with van der Waals surface area (Å²) < 4.78 is 40.7. The van der Waals surface area contributed by atoms with Crippen LogP contribution in [0.25, 0.3) is 0 Å². The molecule has 48 heavy (non-hydrogen) atoms. The Hall–Kier alpha value is -3.68. The third-order valence-corrected chi connectivity index (χ3v) is 10.4. The monoisotopic (exact) mass is 700 g/mol. The van der Waals surface area contributed by atoms with E-state index in [0.717, 1.165) is 12.8 Å². The number of rotatable bonds is 8. The van der Waals surface area contributed by atoms with Gasteiger partial charge in [0, 0.05) is 49.1 Å². The molecule has 0 radical (unpaired) electrons. The third-order valence-electron chi connectivity index (χ3n) is 8.30. The molecule has 3 aromatic carbocycles. The number of hydrogen-bond donors (Lipinski definition) is 3. The van der Waals surface area contributed by atoms with Gasteiger partial charge in [-0.2, -0.15) is 4.31 Å². The third kappa shape index (κ3) is 9.93. The van der Waals surface area contributed by atoms with E-state index in [0.29, 0.717) is 35.2 Å². The zero-order chi connectivity index (χ0) is 34.8. The number of benzene rings is 3. The number of sulfonamides is 1. The molecule has 3 aromatic rings. The Kier molecular flexibility index (Phi) is 13.2. The standard InChI is InChI=1S/C35H45ClN4O7S/c1-24-21-40(25(2)23-41)34(42)31-20-29(38-35(43)37-28-11-6-5-7-12-28)15-18-32(31)47-26(3)10-8-9-19-46-33(24)22-39(4)48(44,45)30-16-13-27(36)14-17-30/h5-7,11-18,20,24-26,33,41H,8-10,19,21-23H2,1-4H3,(H2,37,38,43)/t24-,25-,26-,33+/m0/s1. The number of carbonyl (C=O) groups excluding carboxylic acids is 2. The SMILES string of the molecule is C[C@H]1CCCCO[C@H](CN(C)S(=O)(=O)c2ccc(Cl)cc2)[C@@H](C)CN([C@@H](C)CO)C(=O)c2cc(NC(=O)Nc3ccccc3)ccc2O1. The summed E-state index contributed by atoms with van der Waals surface area (Å²) in [5.74, 6) is -0.381. The van der Waals surface area contributed by atoms with Crippen molar-refractivity contribution in [3.8, 4) is 5.75 Å². The topological polar surface area (TPSA) is 138 Å². The Morgan fingerprint density at radius 3 is 2.42 bits per heavy atom. The summed E-state index contributed by atoms with van der Waals surface area (Å²) in [4.78, 5) is 28.8. The van der Waals surface area contributed by atoms with Crippen LogP contribution >= 0.6 is 11.6 Å². The van der Waals surface area contributed by atoms with Gasteiger partial charge in [0.2, 0.25) is 10.0 Å². The maximum Gasteiger partial charge on any atom is 0.323 e. The normalized spacial score (nSPS) is 20.3. The van der Waals surface area contributed by atoms with Crippen molar-refractivity contribution in [2.75, 3.05) is 44.0 Å². The molecular formula is C35H45ClN4O7S. The lowest BCUT2D eigenvalue weighted by Crippen LogP contribution is -2.48. The fourth-order valence-electron chi connectivity index (χ4n) is 5.42. The number of hydrogen-bond acceptors (Lipinski definition) is 7. The molecule has 0 aromatic heterocycles. The van der Waals surface area contributed by atoms with Crippen LogP contribution < -0.4 is 15.4 Å². The Balaban J connectivity index is 1.62. The second-order valence-corrected chi connectivity index (χ2v) is 14.7. The fraction of sp³-hybridized carbons (Fsp3) is 0.429. The van der Waals surface area contributed by atoms with Crippen molar-refractivity contribution in [3.63, 3.8) is 0 Å². The van der Waals surface area contributed by atoms with Gasteiger partial charge in [0.1, 0.15) is 5.75 Å². The molecule has 4 rings (SSSR count). The van der Waals surface area contributed by atoms with Crippen molar-refractivity contribution in [2.24, 2.45) is 5.92 Å². The number of para-hydroxylation sites is 1. The number of aliphatic hydroxyl groups excluding tert-OH is 1. The number of urea groups is 1. The number of nitrogens with zero attached hydrogens (tertiary/aromatic N) is 2. The summed E-state index contributed by atoms with van der Waals surface area (Å²) in [6.07, 6.45) is 1.42. The van der Waals surface area contributed by atoms with Crippen LogP contribution in [0.2, 0.25) is 5.02 Å². The van der Waals surface area contributed by atoms with E-state index in [1.54, 1.807) is 42.2 Å². The van der Waals surface area contributed by atoms with E-state index in [4.69, 9.17) is 21.1 Å². The van der Waals surface area contributed by atoms with E-state index in [9.17, 15) is 23.1 Å². The number of anilines is 2. The quantitative estimate of drug-likeness (QED) is 0.258. The maximum atomic E-state index is 14.3. The lowest BCUT2D eigenvalue weighted by Gasteiger charge is -2.35. The summed E-state index contributed by atoms with van der Waals surface area (Å²) in [5.41, 5.74) is 1.22. The second-order valence-electron chi connectivity index (χ2n) is 12.2. The zero-order valence-corrected chi connectivity index (χ0v) is 29.3. The van der Waals surface area contributed by atoms with Gasteiger partial charge in [-0.1, -0.05) is 36.7 Å². The molecule has 11 nitrogen and oxygen atoms in total. The fourth-order valence-corrected chi connectivity index (χ4v) is 6.72. The molecule has 3 N–H and O–H groups in total. The van der Waals surface area contributed by atoms with E-state index in [1.807, 2.05) is 32.0 Å². The van der Waals surface area contributed by atoms with Crippen molar-refractivity contribution in [1.29, 1.82) is 0 Å². The first-order valence-electron chi connectivity index (χ1n) is 16.1. The molecule has 4 atom stereocenters. The molecule has 3 amide bonds. The predicted molar refractivity (Wildman–Crippen MR) is 187 cm³/mol. The average Bonchev–Trinajstić information content (AvgIpc) is 3.06. The van der Waals surface area contributed by atoms with Crippen LogP contribution in [-0.2, 0) is 14.8 Å². The van der Waals surface area contributed by atoms with Crippen molar-refractivity contribution in [2.45, 2.75) is 63.2 Å². The summed E-state index contributed by atoms with van der Waals surface area (Å²) >= 11 is 5.98. The zero-order valence-electron chi connectivity index (χ0n) is 27.8. The van der Waals surface area contributed by atoms with Crippen LogP contribution in [0, 0.1) is 5.92 Å². The van der Waals surface area contributed by atoms with Gasteiger partial charge in [-0.05, 0) is 87.7 Å². The van der Waals surface area contributed by atoms with Crippen molar-refractivity contribution in [3.05, 3.63) is 83.4 Å². The van der Waals surface area contributed by atoms with Crippen LogP contribution in [-0.4, -0.2) is 86.3 Å². The Bertz CT molecular complexity index is 1630. The van der Waals surface area contributed by atoms with E-state index in [-0.39, 0.29) is 42.2 Å². The van der Waals surface area contributed by atoms with Gasteiger partial charge >= 0.3 is 6.03 Å². The molecular weight excluding hydrogens is 656 g/mol. The summed E-state index contributed by atoms with van der Waals surface area (Å²) in [7, 11) is -2.35. The van der Waals surface area contributed by atoms with Gasteiger partial charge in [-0.3, -0.25) is 4.79 Å². The number of ether oxygens (including phenoxy) is 2. The van der Waals surface area contributed by atoms with Crippen LogP contribution in [0.5, 0.6) is 5.75 Å². The molecule has 0 saturated carbocycles. The van der Waals surface area contributed by atoms with Crippen molar-refractivity contribution >= 4 is 44.9 Å². The predicted octanol–water partition coefficient (Wildman–Crippen LogP) is 6.10. The number of amides is 3. The molecule has 0 bridgehead atoms. The maximum absolute atomic E-state index is 14.3. The molecule has 0 aliphatic carbocycles. The molecule has 1 aliphatic rings. The summed E-state index contributed by atoms with van der Waals surface area (Å²) in [6, 6.07) is 18.8. The van der Waals surface area contributed by atoms with Gasteiger partial charge in [0.05, 0.1) is 35.3 Å². The molecule has 0 fully saturated rings. The molecule has 13 heteroatoms. The van der Waals surface area contributed by atoms with E-state index < -0.39 is 34.1 Å².